The first-order valence-electron chi connectivity index (χ1n) is 9.22. The maximum absolute atomic E-state index is 13.1. The van der Waals surface area contributed by atoms with Crippen molar-refractivity contribution in [2.45, 2.75) is 0 Å². The summed E-state index contributed by atoms with van der Waals surface area (Å²) in [5, 5.41) is 15.0. The van der Waals surface area contributed by atoms with Crippen LogP contribution in [0.25, 0.3) is 33.1 Å². The van der Waals surface area contributed by atoms with Gasteiger partial charge in [-0.15, -0.1) is 0 Å². The first-order valence-corrected chi connectivity index (χ1v) is 9.98. The molecule has 0 aliphatic heterocycles. The zero-order valence-corrected chi connectivity index (χ0v) is 18.1. The van der Waals surface area contributed by atoms with Crippen LogP contribution in [0.1, 0.15) is 5.56 Å². The van der Waals surface area contributed by atoms with E-state index in [1.54, 1.807) is 29.8 Å². The van der Waals surface area contributed by atoms with Crippen molar-refractivity contribution in [3.8, 4) is 11.1 Å². The van der Waals surface area contributed by atoms with Crippen LogP contribution >= 0.6 is 23.2 Å². The van der Waals surface area contributed by atoms with Gasteiger partial charge in [0, 0.05) is 41.0 Å². The number of aryl methyl sites for hydroxylation is 2. The molecule has 2 heterocycles. The second-order valence-electron chi connectivity index (χ2n) is 7.02. The summed E-state index contributed by atoms with van der Waals surface area (Å²) in [7, 11) is 3.61. The Balaban J connectivity index is 1.92. The van der Waals surface area contributed by atoms with E-state index in [0.29, 0.717) is 21.2 Å². The third kappa shape index (κ3) is 3.78. The van der Waals surface area contributed by atoms with Crippen LogP contribution in [-0.2, 0) is 23.7 Å². The Kier molecular flexibility index (Phi) is 5.47. The molecule has 0 saturated carbocycles. The van der Waals surface area contributed by atoms with Crippen LogP contribution in [0.2, 0.25) is 10.0 Å². The third-order valence-corrected chi connectivity index (χ3v) is 5.61. The van der Waals surface area contributed by atoms with Crippen molar-refractivity contribution < 1.29 is 14.7 Å². The number of hydrogen-bond acceptors (Lipinski definition) is 4. The zero-order valence-electron chi connectivity index (χ0n) is 16.6. The van der Waals surface area contributed by atoms with Crippen LogP contribution < -0.4 is 5.56 Å². The topological polar surface area (TPSA) is 85.8 Å². The number of carboxylic acid groups (broad SMARTS) is 1. The molecule has 0 atom stereocenters. The van der Waals surface area contributed by atoms with E-state index in [2.05, 4.69) is 5.16 Å². The minimum Gasteiger partial charge on any atom is -0.479 e. The number of hydrogen-bond donors (Lipinski definition) is 1. The van der Waals surface area contributed by atoms with Gasteiger partial charge in [-0.2, -0.15) is 0 Å². The van der Waals surface area contributed by atoms with Crippen molar-refractivity contribution in [1.82, 2.24) is 9.13 Å². The van der Waals surface area contributed by atoms with E-state index in [1.807, 2.05) is 35.9 Å². The minimum absolute atomic E-state index is 0.175. The number of rotatable bonds is 5. The van der Waals surface area contributed by atoms with Gasteiger partial charge in [0.2, 0.25) is 6.61 Å². The fraction of sp³-hybridized carbons (Fsp3) is 0.136. The van der Waals surface area contributed by atoms with Gasteiger partial charge in [-0.3, -0.25) is 9.36 Å². The van der Waals surface area contributed by atoms with E-state index in [4.69, 9.17) is 33.1 Å². The molecule has 2 aromatic heterocycles. The maximum atomic E-state index is 13.1. The van der Waals surface area contributed by atoms with Crippen molar-refractivity contribution in [3.05, 3.63) is 68.4 Å². The maximum Gasteiger partial charge on any atom is 0.344 e. The summed E-state index contributed by atoms with van der Waals surface area (Å²) < 4.78 is 3.54. The Labute approximate surface area is 186 Å². The highest BCUT2D eigenvalue weighted by Crippen LogP contribution is 2.33. The average Bonchev–Trinajstić information content (AvgIpc) is 3.00. The molecule has 7 nitrogen and oxygen atoms in total. The lowest BCUT2D eigenvalue weighted by Gasteiger charge is -2.09. The molecule has 0 amide bonds. The van der Waals surface area contributed by atoms with Gasteiger partial charge in [0.1, 0.15) is 5.65 Å². The molecule has 4 aromatic rings. The molecule has 2 aromatic carbocycles. The van der Waals surface area contributed by atoms with Crippen LogP contribution in [-0.4, -0.2) is 33.0 Å². The fourth-order valence-corrected chi connectivity index (χ4v) is 4.19. The quantitative estimate of drug-likeness (QED) is 0.354. The van der Waals surface area contributed by atoms with E-state index < -0.39 is 12.6 Å². The van der Waals surface area contributed by atoms with Gasteiger partial charge in [0.25, 0.3) is 5.56 Å². The number of nitrogens with zero attached hydrogens (tertiary/aromatic N) is 3. The molecule has 0 unspecified atom stereocenters. The average molecular weight is 458 g/mol. The van der Waals surface area contributed by atoms with Gasteiger partial charge in [-0.05, 0) is 35.9 Å². The molecule has 0 radical (unpaired) electrons. The Morgan fingerprint density at radius 1 is 1.06 bits per heavy atom. The zero-order chi connectivity index (χ0) is 22.3. The molecule has 31 heavy (non-hydrogen) atoms. The van der Waals surface area contributed by atoms with E-state index in [-0.39, 0.29) is 5.56 Å². The summed E-state index contributed by atoms with van der Waals surface area (Å²) in [6, 6.07) is 12.5. The van der Waals surface area contributed by atoms with Crippen molar-refractivity contribution in [3.63, 3.8) is 0 Å². The Bertz CT molecular complexity index is 1440. The largest absolute Gasteiger partial charge is 0.479 e. The molecular formula is C22H17Cl2N3O4. The number of aliphatic carboxylic acids is 1. The lowest BCUT2D eigenvalue weighted by molar-refractivity contribution is -0.142. The highest BCUT2D eigenvalue weighted by atomic mass is 35.5. The lowest BCUT2D eigenvalue weighted by Crippen LogP contribution is -2.20. The first kappa shape index (κ1) is 21.0. The number of halogens is 2. The smallest absolute Gasteiger partial charge is 0.344 e. The standard InChI is InChI=1S/C22H17Cl2N3O4/c1-26-19-6-3-12(10-25-31-11-20(28)29)7-15(19)16-9-17(22(30)27(2)21(16)26)14-5-4-13(23)8-18(14)24/h3-10H,11H2,1-2H3,(H,28,29). The number of benzene rings is 2. The number of oxime groups is 1. The van der Waals surface area contributed by atoms with Gasteiger partial charge >= 0.3 is 5.97 Å². The van der Waals surface area contributed by atoms with Crippen molar-refractivity contribution in [1.29, 1.82) is 0 Å². The molecule has 0 aliphatic rings. The predicted octanol–water partition coefficient (Wildman–Crippen LogP) is 4.44. The van der Waals surface area contributed by atoms with Crippen LogP contribution in [0.4, 0.5) is 0 Å². The fourth-order valence-electron chi connectivity index (χ4n) is 3.68. The summed E-state index contributed by atoms with van der Waals surface area (Å²) in [5.41, 5.74) is 3.30. The monoisotopic (exact) mass is 457 g/mol. The second kappa shape index (κ2) is 8.09. The highest BCUT2D eigenvalue weighted by molar-refractivity contribution is 6.36. The first-order chi connectivity index (χ1) is 14.8. The molecular weight excluding hydrogens is 441 g/mol. The molecule has 0 fully saturated rings. The van der Waals surface area contributed by atoms with Crippen LogP contribution in [0.3, 0.4) is 0 Å². The molecule has 0 saturated heterocycles. The number of carboxylic acids is 1. The Hall–Kier alpha value is -3.29. The predicted molar refractivity (Wildman–Crippen MR) is 122 cm³/mol. The number of carbonyl (C=O) groups is 1. The number of fused-ring (bicyclic) bond motifs is 3. The van der Waals surface area contributed by atoms with Crippen molar-refractivity contribution >= 4 is 57.3 Å². The summed E-state index contributed by atoms with van der Waals surface area (Å²) in [6.07, 6.45) is 1.44. The SMILES string of the molecule is Cn1c(=O)c(-c2ccc(Cl)cc2Cl)cc2c3cc(C=NOCC(=O)O)ccc3n(C)c21. The molecule has 9 heteroatoms. The Morgan fingerprint density at radius 2 is 1.84 bits per heavy atom. The molecule has 0 spiro atoms. The normalized spacial score (nSPS) is 11.6. The molecule has 0 aliphatic carbocycles. The third-order valence-electron chi connectivity index (χ3n) is 5.06. The van der Waals surface area contributed by atoms with Crippen molar-refractivity contribution in [2.24, 2.45) is 19.3 Å². The van der Waals surface area contributed by atoms with E-state index >= 15 is 0 Å². The highest BCUT2D eigenvalue weighted by Gasteiger charge is 2.17. The van der Waals surface area contributed by atoms with Gasteiger partial charge in [-0.25, -0.2) is 4.79 Å². The number of pyridine rings is 1. The van der Waals surface area contributed by atoms with E-state index in [0.717, 1.165) is 27.5 Å². The van der Waals surface area contributed by atoms with Crippen LogP contribution in [0.15, 0.2) is 52.4 Å². The Morgan fingerprint density at radius 3 is 2.55 bits per heavy atom. The molecule has 1 N–H and O–H groups in total. The van der Waals surface area contributed by atoms with Gasteiger partial charge < -0.3 is 14.5 Å². The van der Waals surface area contributed by atoms with Crippen LogP contribution in [0.5, 0.6) is 0 Å². The number of aromatic nitrogens is 2. The molecule has 158 valence electrons. The summed E-state index contributed by atoms with van der Waals surface area (Å²) in [6.45, 7) is -0.514. The van der Waals surface area contributed by atoms with Gasteiger partial charge in [-0.1, -0.05) is 40.5 Å². The van der Waals surface area contributed by atoms with E-state index in [1.165, 1.54) is 6.21 Å². The second-order valence-corrected chi connectivity index (χ2v) is 7.86. The molecule has 4 rings (SSSR count). The van der Waals surface area contributed by atoms with E-state index in [9.17, 15) is 9.59 Å². The van der Waals surface area contributed by atoms with Crippen LogP contribution in [0, 0.1) is 0 Å². The van der Waals surface area contributed by atoms with Crippen molar-refractivity contribution in [2.75, 3.05) is 6.61 Å². The van der Waals surface area contributed by atoms with Gasteiger partial charge in [0.05, 0.1) is 16.8 Å². The summed E-state index contributed by atoms with van der Waals surface area (Å²) >= 11 is 12.4. The molecule has 0 bridgehead atoms. The lowest BCUT2D eigenvalue weighted by atomic mass is 10.0. The van der Waals surface area contributed by atoms with Gasteiger partial charge in [0.15, 0.2) is 0 Å². The summed E-state index contributed by atoms with van der Waals surface area (Å²) in [4.78, 5) is 28.4. The summed E-state index contributed by atoms with van der Waals surface area (Å²) in [5.74, 6) is -1.10. The minimum atomic E-state index is -1.10.